The quantitative estimate of drug-likeness (QED) is 0.674. The minimum absolute atomic E-state index is 0.165. The van der Waals surface area contributed by atoms with Crippen LogP contribution in [0.4, 0.5) is 8.78 Å². The van der Waals surface area contributed by atoms with Crippen molar-refractivity contribution in [3.8, 4) is 0 Å². The number of carbonyl (C=O) groups excluding carboxylic acids is 1. The Balaban J connectivity index is 1.38. The predicted molar refractivity (Wildman–Crippen MR) is 102 cm³/mol. The van der Waals surface area contributed by atoms with Gasteiger partial charge in [-0.1, -0.05) is 12.1 Å². The van der Waals surface area contributed by atoms with Gasteiger partial charge < -0.3 is 4.90 Å². The predicted octanol–water partition coefficient (Wildman–Crippen LogP) is 2.68. The molecule has 1 aliphatic heterocycles. The van der Waals surface area contributed by atoms with Gasteiger partial charge in [-0.05, 0) is 30.9 Å². The van der Waals surface area contributed by atoms with Crippen LogP contribution < -0.4 is 5.56 Å². The normalized spacial score (nSPS) is 15.2. The van der Waals surface area contributed by atoms with Gasteiger partial charge in [-0.25, -0.2) is 18.7 Å². The van der Waals surface area contributed by atoms with E-state index < -0.39 is 17.7 Å². The fourth-order valence-electron chi connectivity index (χ4n) is 3.52. The molecule has 0 aliphatic carbocycles. The molecule has 1 amide bonds. The second-order valence-electron chi connectivity index (χ2n) is 7.08. The average Bonchev–Trinajstić information content (AvgIpc) is 2.74. The number of para-hydroxylation sites is 2. The molecule has 9 heteroatoms. The summed E-state index contributed by atoms with van der Waals surface area (Å²) in [6, 6.07) is 8.25. The minimum Gasteiger partial charge on any atom is -0.337 e. The second kappa shape index (κ2) is 8.02. The number of benzene rings is 1. The Morgan fingerprint density at radius 3 is 2.55 bits per heavy atom. The van der Waals surface area contributed by atoms with Crippen molar-refractivity contribution in [1.82, 2.24) is 24.4 Å². The van der Waals surface area contributed by atoms with Gasteiger partial charge in [0.15, 0.2) is 0 Å². The van der Waals surface area contributed by atoms with E-state index in [9.17, 15) is 18.4 Å². The smallest absolute Gasteiger partial charge is 0.280 e. The van der Waals surface area contributed by atoms with E-state index in [1.807, 2.05) is 24.3 Å². The lowest BCUT2D eigenvalue weighted by atomic mass is 9.96. The van der Waals surface area contributed by atoms with Crippen LogP contribution in [0.25, 0.3) is 11.0 Å². The number of amides is 1. The van der Waals surface area contributed by atoms with Gasteiger partial charge in [-0.2, -0.15) is 0 Å². The third-order valence-electron chi connectivity index (χ3n) is 5.15. The molecule has 2 aromatic heterocycles. The summed E-state index contributed by atoms with van der Waals surface area (Å²) in [5.74, 6) is 0.000427. The summed E-state index contributed by atoms with van der Waals surface area (Å²) in [7, 11) is 0. The monoisotopic (exact) mass is 399 g/mol. The van der Waals surface area contributed by atoms with Crippen LogP contribution >= 0.6 is 0 Å². The largest absolute Gasteiger partial charge is 0.337 e. The maximum Gasteiger partial charge on any atom is 0.280 e. The Hall–Kier alpha value is -3.23. The van der Waals surface area contributed by atoms with Crippen LogP contribution in [0.2, 0.25) is 0 Å². The number of halogens is 2. The number of aromatic nitrogens is 4. The van der Waals surface area contributed by atoms with Crippen molar-refractivity contribution in [1.29, 1.82) is 0 Å². The Kier molecular flexibility index (Phi) is 5.28. The van der Waals surface area contributed by atoms with Crippen molar-refractivity contribution in [2.24, 2.45) is 5.92 Å². The molecule has 4 rings (SSSR count). The molecular formula is C20H19F2N5O2. The number of carbonyl (C=O) groups is 1. The molecule has 1 aromatic carbocycles. The number of hydrogen-bond donors (Lipinski definition) is 0. The molecule has 7 nitrogen and oxygen atoms in total. The number of fused-ring (bicyclic) bond motifs is 1. The molecule has 3 heterocycles. The first kappa shape index (κ1) is 19.1. The summed E-state index contributed by atoms with van der Waals surface area (Å²) in [5, 5.41) is 0. The van der Waals surface area contributed by atoms with E-state index in [2.05, 4.69) is 15.0 Å². The molecule has 0 unspecified atom stereocenters. The molecule has 1 aliphatic rings. The molecule has 0 spiro atoms. The molecule has 1 fully saturated rings. The van der Waals surface area contributed by atoms with Crippen LogP contribution in [0.15, 0.2) is 47.7 Å². The van der Waals surface area contributed by atoms with E-state index >= 15 is 0 Å². The minimum atomic E-state index is -2.76. The van der Waals surface area contributed by atoms with Crippen LogP contribution in [-0.4, -0.2) is 43.4 Å². The highest BCUT2D eigenvalue weighted by atomic mass is 19.3. The Labute approximate surface area is 165 Å². The lowest BCUT2D eigenvalue weighted by Crippen LogP contribution is -2.40. The molecule has 0 radical (unpaired) electrons. The highest BCUT2D eigenvalue weighted by Gasteiger charge is 2.25. The number of piperidine rings is 1. The Morgan fingerprint density at radius 1 is 1.14 bits per heavy atom. The topological polar surface area (TPSA) is 81.0 Å². The summed E-state index contributed by atoms with van der Waals surface area (Å²) in [4.78, 5) is 38.8. The van der Waals surface area contributed by atoms with Gasteiger partial charge in [0.1, 0.15) is 11.4 Å². The SMILES string of the molecule is O=C(c1cnc2ccccc2n1)N1CCC(Cn2cnc(C(F)F)cc2=O)CC1. The zero-order chi connectivity index (χ0) is 20.4. The first-order chi connectivity index (χ1) is 14.0. The van der Waals surface area contributed by atoms with E-state index in [-0.39, 0.29) is 11.8 Å². The summed E-state index contributed by atoms with van der Waals surface area (Å²) in [6.45, 7) is 1.47. The highest BCUT2D eigenvalue weighted by Crippen LogP contribution is 2.21. The summed E-state index contributed by atoms with van der Waals surface area (Å²) in [6.07, 6.45) is 1.31. The van der Waals surface area contributed by atoms with Gasteiger partial charge in [-0.15, -0.1) is 0 Å². The van der Waals surface area contributed by atoms with Gasteiger partial charge >= 0.3 is 0 Å². The van der Waals surface area contributed by atoms with Crippen molar-refractivity contribution in [3.63, 3.8) is 0 Å². The van der Waals surface area contributed by atoms with Crippen LogP contribution in [-0.2, 0) is 6.54 Å². The first-order valence-electron chi connectivity index (χ1n) is 9.37. The maximum atomic E-state index is 12.8. The zero-order valence-corrected chi connectivity index (χ0v) is 15.5. The third-order valence-corrected chi connectivity index (χ3v) is 5.15. The van der Waals surface area contributed by atoms with Crippen molar-refractivity contribution in [2.75, 3.05) is 13.1 Å². The highest BCUT2D eigenvalue weighted by molar-refractivity contribution is 5.93. The van der Waals surface area contributed by atoms with Gasteiger partial charge in [-0.3, -0.25) is 19.1 Å². The fourth-order valence-corrected chi connectivity index (χ4v) is 3.52. The van der Waals surface area contributed by atoms with Crippen molar-refractivity contribution >= 4 is 16.9 Å². The summed E-state index contributed by atoms with van der Waals surface area (Å²) in [5.41, 5.74) is 0.723. The number of rotatable bonds is 4. The third kappa shape index (κ3) is 4.13. The molecule has 0 saturated carbocycles. The molecule has 29 heavy (non-hydrogen) atoms. The van der Waals surface area contributed by atoms with Gasteiger partial charge in [0.25, 0.3) is 17.9 Å². The maximum absolute atomic E-state index is 12.8. The Bertz CT molecular complexity index is 1090. The van der Waals surface area contributed by atoms with Gasteiger partial charge in [0.2, 0.25) is 0 Å². The Morgan fingerprint density at radius 2 is 1.86 bits per heavy atom. The summed E-state index contributed by atoms with van der Waals surface area (Å²) < 4.78 is 26.6. The zero-order valence-electron chi connectivity index (χ0n) is 15.5. The lowest BCUT2D eigenvalue weighted by Gasteiger charge is -2.32. The van der Waals surface area contributed by atoms with Crippen molar-refractivity contribution in [3.05, 3.63) is 64.6 Å². The molecule has 0 atom stereocenters. The average molecular weight is 399 g/mol. The van der Waals surface area contributed by atoms with E-state index in [4.69, 9.17) is 0 Å². The molecular weight excluding hydrogens is 380 g/mol. The fraction of sp³-hybridized carbons (Fsp3) is 0.350. The lowest BCUT2D eigenvalue weighted by molar-refractivity contribution is 0.0676. The van der Waals surface area contributed by atoms with Crippen LogP contribution in [0.3, 0.4) is 0 Å². The number of likely N-dealkylation sites (tertiary alicyclic amines) is 1. The van der Waals surface area contributed by atoms with E-state index in [0.717, 1.165) is 11.6 Å². The van der Waals surface area contributed by atoms with Crippen LogP contribution in [0.1, 0.15) is 35.4 Å². The van der Waals surface area contributed by atoms with E-state index in [1.54, 1.807) is 4.90 Å². The van der Waals surface area contributed by atoms with E-state index in [0.29, 0.717) is 43.7 Å². The molecule has 3 aromatic rings. The summed E-state index contributed by atoms with van der Waals surface area (Å²) >= 11 is 0. The number of nitrogens with zero attached hydrogens (tertiary/aromatic N) is 5. The van der Waals surface area contributed by atoms with Crippen LogP contribution in [0, 0.1) is 5.92 Å². The number of alkyl halides is 2. The standard InChI is InChI=1S/C20H19F2N5O2/c21-19(22)16-9-18(28)27(12-24-16)11-13-5-7-26(8-6-13)20(29)17-10-23-14-3-1-2-4-15(14)25-17/h1-4,9-10,12-13,19H,5-8,11H2. The van der Waals surface area contributed by atoms with E-state index in [1.165, 1.54) is 17.1 Å². The first-order valence-corrected chi connectivity index (χ1v) is 9.37. The second-order valence-corrected chi connectivity index (χ2v) is 7.08. The number of hydrogen-bond acceptors (Lipinski definition) is 5. The molecule has 0 N–H and O–H groups in total. The van der Waals surface area contributed by atoms with Crippen LogP contribution in [0.5, 0.6) is 0 Å². The van der Waals surface area contributed by atoms with Crippen molar-refractivity contribution < 1.29 is 13.6 Å². The molecule has 1 saturated heterocycles. The molecule has 150 valence electrons. The van der Waals surface area contributed by atoms with Gasteiger partial charge in [0.05, 0.1) is 23.6 Å². The molecule has 0 bridgehead atoms. The van der Waals surface area contributed by atoms with Gasteiger partial charge in [0, 0.05) is 25.7 Å². The van der Waals surface area contributed by atoms with Crippen molar-refractivity contribution in [2.45, 2.75) is 25.8 Å².